The first-order valence-corrected chi connectivity index (χ1v) is 9.42. The molecule has 0 aliphatic heterocycles. The third kappa shape index (κ3) is 3.74. The first-order valence-electron chi connectivity index (χ1n) is 7.53. The number of primary amides is 1. The van der Waals surface area contributed by atoms with Crippen molar-refractivity contribution >= 4 is 50.7 Å². The van der Waals surface area contributed by atoms with Crippen LogP contribution in [-0.4, -0.2) is 11.8 Å². The fourth-order valence-electron chi connectivity index (χ4n) is 2.63. The maximum Gasteiger partial charge on any atom is 0.256 e. The average molecular weight is 462 g/mol. The molecule has 3 N–H and O–H groups in total. The van der Waals surface area contributed by atoms with Gasteiger partial charge < -0.3 is 11.1 Å². The summed E-state index contributed by atoms with van der Waals surface area (Å²) in [5.41, 5.74) is 8.19. The topological polar surface area (TPSA) is 72.2 Å². The molecule has 0 spiro atoms. The van der Waals surface area contributed by atoms with E-state index in [1.807, 2.05) is 49.4 Å². The van der Waals surface area contributed by atoms with Crippen molar-refractivity contribution in [2.24, 2.45) is 5.73 Å². The Hall–Kier alpha value is -2.19. The van der Waals surface area contributed by atoms with Gasteiger partial charge in [-0.2, -0.15) is 0 Å². The number of carbonyl (C=O) groups is 2. The molecule has 1 aromatic heterocycles. The van der Waals surface area contributed by atoms with Crippen LogP contribution in [0, 0.1) is 10.5 Å². The van der Waals surface area contributed by atoms with Gasteiger partial charge in [-0.25, -0.2) is 0 Å². The Morgan fingerprint density at radius 3 is 2.44 bits per heavy atom. The number of hydrogen-bond acceptors (Lipinski definition) is 3. The van der Waals surface area contributed by atoms with Gasteiger partial charge >= 0.3 is 0 Å². The molecule has 0 atom stereocenters. The highest BCUT2D eigenvalue weighted by Crippen LogP contribution is 2.39. The lowest BCUT2D eigenvalue weighted by atomic mass is 10.0. The minimum atomic E-state index is -0.554. The van der Waals surface area contributed by atoms with Gasteiger partial charge in [0.2, 0.25) is 0 Å². The van der Waals surface area contributed by atoms with Gasteiger partial charge in [0.25, 0.3) is 11.8 Å². The molecule has 2 aromatic carbocycles. The van der Waals surface area contributed by atoms with E-state index in [2.05, 4.69) is 27.9 Å². The van der Waals surface area contributed by atoms with Gasteiger partial charge in [-0.05, 0) is 53.3 Å². The van der Waals surface area contributed by atoms with Crippen molar-refractivity contribution in [1.29, 1.82) is 0 Å². The summed E-state index contributed by atoms with van der Waals surface area (Å²) in [6.07, 6.45) is 0. The van der Waals surface area contributed by atoms with Crippen molar-refractivity contribution in [2.45, 2.75) is 6.92 Å². The molecule has 25 heavy (non-hydrogen) atoms. The number of hydrogen-bond donors (Lipinski definition) is 2. The van der Waals surface area contributed by atoms with Crippen molar-refractivity contribution in [2.75, 3.05) is 5.32 Å². The SMILES string of the molecule is Cc1sc(NC(=O)c2cccc(I)c2)c(C(N)=O)c1-c1ccccc1. The number of nitrogens with one attached hydrogen (secondary N) is 1. The number of rotatable bonds is 4. The van der Waals surface area contributed by atoms with E-state index in [0.717, 1.165) is 19.6 Å². The van der Waals surface area contributed by atoms with Gasteiger partial charge in [0.15, 0.2) is 0 Å². The van der Waals surface area contributed by atoms with Crippen molar-refractivity contribution in [3.8, 4) is 11.1 Å². The molecular weight excluding hydrogens is 447 g/mol. The Morgan fingerprint density at radius 1 is 1.08 bits per heavy atom. The summed E-state index contributed by atoms with van der Waals surface area (Å²) >= 11 is 3.51. The minimum absolute atomic E-state index is 0.262. The monoisotopic (exact) mass is 462 g/mol. The first kappa shape index (κ1) is 17.6. The summed E-state index contributed by atoms with van der Waals surface area (Å²) in [6.45, 7) is 1.92. The molecule has 2 amide bonds. The number of halogens is 1. The van der Waals surface area contributed by atoms with Crippen LogP contribution in [0.1, 0.15) is 25.6 Å². The summed E-state index contributed by atoms with van der Waals surface area (Å²) in [6, 6.07) is 16.8. The molecule has 6 heteroatoms. The molecule has 3 rings (SSSR count). The lowest BCUT2D eigenvalue weighted by Gasteiger charge is -2.07. The van der Waals surface area contributed by atoms with Crippen LogP contribution in [0.4, 0.5) is 5.00 Å². The standard InChI is InChI=1S/C19H15IN2O2S/c1-11-15(12-6-3-2-4-7-12)16(17(21)23)19(25-11)22-18(24)13-8-5-9-14(20)10-13/h2-10H,1H3,(H2,21,23)(H,22,24). The van der Waals surface area contributed by atoms with Gasteiger partial charge in [0.1, 0.15) is 5.00 Å². The highest BCUT2D eigenvalue weighted by Gasteiger charge is 2.23. The zero-order valence-corrected chi connectivity index (χ0v) is 16.4. The van der Waals surface area contributed by atoms with Crippen LogP contribution in [0.2, 0.25) is 0 Å². The molecular formula is C19H15IN2O2S. The van der Waals surface area contributed by atoms with Crippen LogP contribution in [0.15, 0.2) is 54.6 Å². The van der Waals surface area contributed by atoms with Gasteiger partial charge in [0.05, 0.1) is 5.56 Å². The predicted molar refractivity (Wildman–Crippen MR) is 110 cm³/mol. The zero-order chi connectivity index (χ0) is 18.0. The largest absolute Gasteiger partial charge is 0.365 e. The molecule has 0 fully saturated rings. The van der Waals surface area contributed by atoms with E-state index < -0.39 is 5.91 Å². The highest BCUT2D eigenvalue weighted by molar-refractivity contribution is 14.1. The quantitative estimate of drug-likeness (QED) is 0.553. The van der Waals surface area contributed by atoms with Crippen molar-refractivity contribution in [3.05, 3.63) is 74.2 Å². The number of amides is 2. The fourth-order valence-corrected chi connectivity index (χ4v) is 4.24. The summed E-state index contributed by atoms with van der Waals surface area (Å²) in [4.78, 5) is 25.5. The molecule has 0 aliphatic carbocycles. The van der Waals surface area contributed by atoms with Crippen LogP contribution < -0.4 is 11.1 Å². The average Bonchev–Trinajstić information content (AvgIpc) is 2.91. The highest BCUT2D eigenvalue weighted by atomic mass is 127. The van der Waals surface area contributed by atoms with Crippen molar-refractivity contribution in [3.63, 3.8) is 0 Å². The molecule has 0 saturated carbocycles. The molecule has 0 saturated heterocycles. The minimum Gasteiger partial charge on any atom is -0.365 e. The fraction of sp³-hybridized carbons (Fsp3) is 0.0526. The maximum atomic E-state index is 12.5. The number of aryl methyl sites for hydroxylation is 1. The zero-order valence-electron chi connectivity index (χ0n) is 13.4. The predicted octanol–water partition coefficient (Wildman–Crippen LogP) is 4.68. The van der Waals surface area contributed by atoms with Gasteiger partial charge in [0, 0.05) is 19.6 Å². The Morgan fingerprint density at radius 2 is 1.80 bits per heavy atom. The van der Waals surface area contributed by atoms with E-state index >= 15 is 0 Å². The second kappa shape index (κ2) is 7.37. The van der Waals surface area contributed by atoms with E-state index in [4.69, 9.17) is 5.73 Å². The van der Waals surface area contributed by atoms with E-state index in [1.54, 1.807) is 12.1 Å². The van der Waals surface area contributed by atoms with E-state index in [0.29, 0.717) is 16.1 Å². The van der Waals surface area contributed by atoms with Gasteiger partial charge in [-0.1, -0.05) is 36.4 Å². The van der Waals surface area contributed by atoms with Crippen LogP contribution in [0.25, 0.3) is 11.1 Å². The molecule has 1 heterocycles. The Balaban J connectivity index is 2.03. The molecule has 0 aliphatic rings. The van der Waals surface area contributed by atoms with Crippen molar-refractivity contribution in [1.82, 2.24) is 0 Å². The van der Waals surface area contributed by atoms with E-state index in [1.165, 1.54) is 11.3 Å². The smallest absolute Gasteiger partial charge is 0.256 e. The molecule has 126 valence electrons. The third-order valence-electron chi connectivity index (χ3n) is 3.71. The number of benzene rings is 2. The summed E-state index contributed by atoms with van der Waals surface area (Å²) in [7, 11) is 0. The number of thiophene rings is 1. The second-order valence-corrected chi connectivity index (χ2v) is 7.90. The second-order valence-electron chi connectivity index (χ2n) is 5.43. The van der Waals surface area contributed by atoms with Crippen molar-refractivity contribution < 1.29 is 9.59 Å². The number of nitrogens with two attached hydrogens (primary N) is 1. The van der Waals surface area contributed by atoms with Gasteiger partial charge in [-0.3, -0.25) is 9.59 Å². The van der Waals surface area contributed by atoms with E-state index in [-0.39, 0.29) is 5.91 Å². The molecule has 0 radical (unpaired) electrons. The Bertz CT molecular complexity index is 951. The number of carbonyl (C=O) groups excluding carboxylic acids is 2. The van der Waals surface area contributed by atoms with Crippen LogP contribution >= 0.6 is 33.9 Å². The molecule has 0 bridgehead atoms. The lowest BCUT2D eigenvalue weighted by Crippen LogP contribution is -2.17. The normalized spacial score (nSPS) is 10.5. The summed E-state index contributed by atoms with van der Waals surface area (Å²) in [5, 5.41) is 3.32. The molecule has 0 unspecified atom stereocenters. The van der Waals surface area contributed by atoms with Crippen LogP contribution in [-0.2, 0) is 0 Å². The Kier molecular flexibility index (Phi) is 5.19. The molecule has 4 nitrogen and oxygen atoms in total. The summed E-state index contributed by atoms with van der Waals surface area (Å²) in [5.74, 6) is -0.817. The van der Waals surface area contributed by atoms with E-state index in [9.17, 15) is 9.59 Å². The first-order chi connectivity index (χ1) is 12.0. The van der Waals surface area contributed by atoms with Crippen LogP contribution in [0.3, 0.4) is 0 Å². The summed E-state index contributed by atoms with van der Waals surface area (Å²) < 4.78 is 0.965. The maximum absolute atomic E-state index is 12.5. The lowest BCUT2D eigenvalue weighted by molar-refractivity contribution is 0.100. The number of anilines is 1. The Labute approximate surface area is 163 Å². The molecule has 3 aromatic rings. The third-order valence-corrected chi connectivity index (χ3v) is 5.40. The van der Waals surface area contributed by atoms with Gasteiger partial charge in [-0.15, -0.1) is 11.3 Å². The van der Waals surface area contributed by atoms with Crippen LogP contribution in [0.5, 0.6) is 0 Å².